The average Bonchev–Trinajstić information content (AvgIpc) is 2.89. The Morgan fingerprint density at radius 1 is 1.19 bits per heavy atom. The minimum absolute atomic E-state index is 0.381. The quantitative estimate of drug-likeness (QED) is 0.841. The monoisotopic (exact) mass is 299 g/mol. The molecule has 1 heterocycles. The minimum Gasteiger partial charge on any atom is -0.493 e. The van der Waals surface area contributed by atoms with E-state index in [1.165, 1.54) is 10.5 Å². The van der Waals surface area contributed by atoms with Crippen LogP contribution in [0.3, 0.4) is 0 Å². The summed E-state index contributed by atoms with van der Waals surface area (Å²) in [5.41, 5.74) is 2.52. The van der Waals surface area contributed by atoms with Gasteiger partial charge in [-0.25, -0.2) is 0 Å². The third-order valence-electron chi connectivity index (χ3n) is 3.46. The lowest BCUT2D eigenvalue weighted by atomic mass is 10.1. The van der Waals surface area contributed by atoms with Crippen LogP contribution in [0, 0.1) is 5.92 Å². The maximum Gasteiger partial charge on any atom is 0.121 e. The molecule has 3 heteroatoms. The Morgan fingerprint density at radius 2 is 2.05 bits per heavy atom. The van der Waals surface area contributed by atoms with Crippen LogP contribution in [0.25, 0.3) is 0 Å². The first-order valence-electron chi connectivity index (χ1n) is 7.43. The van der Waals surface area contributed by atoms with Crippen molar-refractivity contribution < 1.29 is 4.74 Å². The van der Waals surface area contributed by atoms with Gasteiger partial charge in [-0.05, 0) is 29.7 Å². The molecule has 0 bridgehead atoms. The Balaban J connectivity index is 1.70. The van der Waals surface area contributed by atoms with E-state index in [0.29, 0.717) is 12.0 Å². The summed E-state index contributed by atoms with van der Waals surface area (Å²) in [4.78, 5) is 1.39. The summed E-state index contributed by atoms with van der Waals surface area (Å²) >= 11 is 1.92. The van der Waals surface area contributed by atoms with Crippen LogP contribution < -0.4 is 10.1 Å². The van der Waals surface area contributed by atoms with Crippen LogP contribution in [-0.4, -0.2) is 12.4 Å². The van der Waals surface area contributed by atoms with Gasteiger partial charge in [-0.1, -0.05) is 38.1 Å². The molecule has 110 valence electrons. The van der Waals surface area contributed by atoms with Crippen molar-refractivity contribution in [2.45, 2.75) is 24.8 Å². The van der Waals surface area contributed by atoms with Crippen LogP contribution in [0.1, 0.15) is 25.5 Å². The maximum absolute atomic E-state index is 5.80. The second kappa shape index (κ2) is 6.44. The molecular formula is C18H21NOS. The molecule has 1 aliphatic rings. The Bertz CT molecular complexity index is 612. The molecule has 0 aliphatic carbocycles. The molecule has 21 heavy (non-hydrogen) atoms. The van der Waals surface area contributed by atoms with Gasteiger partial charge in [0, 0.05) is 22.4 Å². The first kappa shape index (κ1) is 14.3. The highest BCUT2D eigenvalue weighted by molar-refractivity contribution is 7.99. The van der Waals surface area contributed by atoms with Gasteiger partial charge < -0.3 is 10.1 Å². The standard InChI is InChI=1S/C18H21NOS/c1-13(2)11-20-15-7-5-6-14(10-15)19-17-12-21-18-9-4-3-8-16(17)18/h3-10,13,17,19H,11-12H2,1-2H3. The van der Waals surface area contributed by atoms with Gasteiger partial charge in [-0.3, -0.25) is 0 Å². The van der Waals surface area contributed by atoms with E-state index in [4.69, 9.17) is 4.74 Å². The smallest absolute Gasteiger partial charge is 0.121 e. The topological polar surface area (TPSA) is 21.3 Å². The van der Waals surface area contributed by atoms with E-state index in [9.17, 15) is 0 Å². The Labute approximate surface area is 130 Å². The zero-order valence-corrected chi connectivity index (χ0v) is 13.3. The number of thioether (sulfide) groups is 1. The van der Waals surface area contributed by atoms with E-state index < -0.39 is 0 Å². The maximum atomic E-state index is 5.80. The molecule has 1 atom stereocenters. The second-order valence-corrected chi connectivity index (χ2v) is 6.84. The van der Waals surface area contributed by atoms with Gasteiger partial charge in [0.15, 0.2) is 0 Å². The number of anilines is 1. The minimum atomic E-state index is 0.381. The van der Waals surface area contributed by atoms with E-state index in [0.717, 1.165) is 23.8 Å². The molecule has 0 spiro atoms. The third kappa shape index (κ3) is 3.53. The molecule has 0 fully saturated rings. The highest BCUT2D eigenvalue weighted by Crippen LogP contribution is 2.39. The number of benzene rings is 2. The van der Waals surface area contributed by atoms with Crippen molar-refractivity contribution in [3.63, 3.8) is 0 Å². The zero-order chi connectivity index (χ0) is 14.7. The molecule has 0 saturated heterocycles. The lowest BCUT2D eigenvalue weighted by molar-refractivity contribution is 0.271. The highest BCUT2D eigenvalue weighted by atomic mass is 32.2. The van der Waals surface area contributed by atoms with Crippen LogP contribution >= 0.6 is 11.8 Å². The molecule has 2 aromatic rings. The Morgan fingerprint density at radius 3 is 2.90 bits per heavy atom. The van der Waals surface area contributed by atoms with E-state index >= 15 is 0 Å². The fourth-order valence-corrected chi connectivity index (χ4v) is 3.58. The number of nitrogens with one attached hydrogen (secondary N) is 1. The van der Waals surface area contributed by atoms with E-state index in [2.05, 4.69) is 55.6 Å². The predicted octanol–water partition coefficient (Wildman–Crippen LogP) is 4.98. The molecule has 2 aromatic carbocycles. The first-order chi connectivity index (χ1) is 10.2. The molecule has 0 amide bonds. The summed E-state index contributed by atoms with van der Waals surface area (Å²) in [5.74, 6) is 2.56. The van der Waals surface area contributed by atoms with Crippen LogP contribution in [-0.2, 0) is 0 Å². The SMILES string of the molecule is CC(C)COc1cccc(NC2CSc3ccccc32)c1. The third-order valence-corrected chi connectivity index (χ3v) is 4.64. The average molecular weight is 299 g/mol. The normalized spacial score (nSPS) is 16.8. The number of ether oxygens (including phenoxy) is 1. The van der Waals surface area contributed by atoms with E-state index in [1.807, 2.05) is 23.9 Å². The van der Waals surface area contributed by atoms with Gasteiger partial charge in [0.2, 0.25) is 0 Å². The van der Waals surface area contributed by atoms with E-state index in [-0.39, 0.29) is 0 Å². The molecule has 0 radical (unpaired) electrons. The molecule has 3 rings (SSSR count). The lowest BCUT2D eigenvalue weighted by Crippen LogP contribution is -2.10. The lowest BCUT2D eigenvalue weighted by Gasteiger charge is -2.16. The van der Waals surface area contributed by atoms with Crippen LogP contribution in [0.4, 0.5) is 5.69 Å². The van der Waals surface area contributed by atoms with Crippen LogP contribution in [0.5, 0.6) is 5.75 Å². The van der Waals surface area contributed by atoms with Crippen molar-refractivity contribution in [2.24, 2.45) is 5.92 Å². The van der Waals surface area contributed by atoms with Crippen molar-refractivity contribution in [1.82, 2.24) is 0 Å². The molecule has 1 aliphatic heterocycles. The second-order valence-electron chi connectivity index (χ2n) is 5.78. The first-order valence-corrected chi connectivity index (χ1v) is 8.42. The van der Waals surface area contributed by atoms with Crippen molar-refractivity contribution in [3.05, 3.63) is 54.1 Å². The number of rotatable bonds is 5. The molecular weight excluding hydrogens is 278 g/mol. The van der Waals surface area contributed by atoms with Crippen molar-refractivity contribution in [2.75, 3.05) is 17.7 Å². The fourth-order valence-electron chi connectivity index (χ4n) is 2.42. The van der Waals surface area contributed by atoms with Crippen molar-refractivity contribution in [1.29, 1.82) is 0 Å². The number of hydrogen-bond donors (Lipinski definition) is 1. The summed E-state index contributed by atoms with van der Waals surface area (Å²) in [6.45, 7) is 5.08. The summed E-state index contributed by atoms with van der Waals surface area (Å²) in [6, 6.07) is 17.3. The summed E-state index contributed by atoms with van der Waals surface area (Å²) in [5, 5.41) is 3.62. The molecule has 0 saturated carbocycles. The zero-order valence-electron chi connectivity index (χ0n) is 12.5. The van der Waals surface area contributed by atoms with Crippen LogP contribution in [0.15, 0.2) is 53.4 Å². The number of hydrogen-bond acceptors (Lipinski definition) is 3. The molecule has 0 aromatic heterocycles. The summed E-state index contributed by atoms with van der Waals surface area (Å²) < 4.78 is 5.80. The van der Waals surface area contributed by atoms with Crippen molar-refractivity contribution >= 4 is 17.4 Å². The van der Waals surface area contributed by atoms with Gasteiger partial charge in [0.05, 0.1) is 12.6 Å². The van der Waals surface area contributed by atoms with E-state index in [1.54, 1.807) is 0 Å². The molecule has 2 nitrogen and oxygen atoms in total. The Kier molecular flexibility index (Phi) is 4.39. The summed E-state index contributed by atoms with van der Waals surface area (Å²) in [6.07, 6.45) is 0. The van der Waals surface area contributed by atoms with Gasteiger partial charge in [-0.2, -0.15) is 0 Å². The fraction of sp³-hybridized carbons (Fsp3) is 0.333. The van der Waals surface area contributed by atoms with Gasteiger partial charge in [-0.15, -0.1) is 11.8 Å². The predicted molar refractivity (Wildman–Crippen MR) is 90.3 cm³/mol. The highest BCUT2D eigenvalue weighted by Gasteiger charge is 2.22. The Hall–Kier alpha value is -1.61. The molecule has 1 N–H and O–H groups in total. The number of fused-ring (bicyclic) bond motifs is 1. The summed E-state index contributed by atoms with van der Waals surface area (Å²) in [7, 11) is 0. The van der Waals surface area contributed by atoms with Crippen LogP contribution in [0.2, 0.25) is 0 Å². The van der Waals surface area contributed by atoms with Gasteiger partial charge >= 0.3 is 0 Å². The van der Waals surface area contributed by atoms with Gasteiger partial charge in [0.1, 0.15) is 5.75 Å². The van der Waals surface area contributed by atoms with Crippen molar-refractivity contribution in [3.8, 4) is 5.75 Å². The molecule has 1 unspecified atom stereocenters. The largest absolute Gasteiger partial charge is 0.493 e. The van der Waals surface area contributed by atoms with Gasteiger partial charge in [0.25, 0.3) is 0 Å².